The minimum atomic E-state index is -0.534. The maximum absolute atomic E-state index is 12.9. The summed E-state index contributed by atoms with van der Waals surface area (Å²) in [7, 11) is 0. The third-order valence-corrected chi connectivity index (χ3v) is 5.45. The molecule has 3 rings (SSSR count). The largest absolute Gasteiger partial charge is 0.339 e. The molecule has 0 bridgehead atoms. The van der Waals surface area contributed by atoms with Gasteiger partial charge >= 0.3 is 6.03 Å². The Morgan fingerprint density at radius 3 is 2.63 bits per heavy atom. The predicted octanol–water partition coefficient (Wildman–Crippen LogP) is 2.62. The van der Waals surface area contributed by atoms with Gasteiger partial charge in [-0.25, -0.2) is 4.79 Å². The van der Waals surface area contributed by atoms with Crippen LogP contribution in [0, 0.1) is 5.92 Å². The number of rotatable bonds is 5. The van der Waals surface area contributed by atoms with E-state index >= 15 is 0 Å². The van der Waals surface area contributed by atoms with Crippen molar-refractivity contribution in [2.24, 2.45) is 5.92 Å². The zero-order valence-corrected chi connectivity index (χ0v) is 15.7. The van der Waals surface area contributed by atoms with Crippen LogP contribution in [0.5, 0.6) is 0 Å². The summed E-state index contributed by atoms with van der Waals surface area (Å²) < 4.78 is 0. The van der Waals surface area contributed by atoms with Gasteiger partial charge in [-0.1, -0.05) is 11.6 Å². The summed E-state index contributed by atoms with van der Waals surface area (Å²) in [4.78, 5) is 50.0. The van der Waals surface area contributed by atoms with Gasteiger partial charge in [-0.2, -0.15) is 0 Å². The Labute approximate surface area is 162 Å². The van der Waals surface area contributed by atoms with Crippen molar-refractivity contribution in [3.05, 3.63) is 28.8 Å². The second-order valence-electron chi connectivity index (χ2n) is 6.90. The van der Waals surface area contributed by atoms with E-state index in [2.05, 4.69) is 5.32 Å². The number of amides is 4. The van der Waals surface area contributed by atoms with Crippen LogP contribution in [0.1, 0.15) is 42.5 Å². The lowest BCUT2D eigenvalue weighted by Crippen LogP contribution is -2.49. The molecule has 27 heavy (non-hydrogen) atoms. The van der Waals surface area contributed by atoms with Crippen molar-refractivity contribution in [2.45, 2.75) is 32.1 Å². The summed E-state index contributed by atoms with van der Waals surface area (Å²) in [5, 5.41) is 2.61. The molecule has 7 nitrogen and oxygen atoms in total. The minimum Gasteiger partial charge on any atom is -0.339 e. The van der Waals surface area contributed by atoms with Gasteiger partial charge in [0.25, 0.3) is 5.91 Å². The van der Waals surface area contributed by atoms with Crippen LogP contribution in [-0.2, 0) is 9.59 Å². The van der Waals surface area contributed by atoms with E-state index in [0.29, 0.717) is 41.7 Å². The maximum atomic E-state index is 12.9. The van der Waals surface area contributed by atoms with Gasteiger partial charge in [-0.05, 0) is 43.4 Å². The second-order valence-corrected chi connectivity index (χ2v) is 7.31. The molecular weight excluding hydrogens is 370 g/mol. The lowest BCUT2D eigenvalue weighted by molar-refractivity contribution is -0.120. The fraction of sp³-hybridized carbons (Fsp3) is 0.474. The standard InChI is InChI=1S/C19H22ClN3O4/c20-15-4-3-14(12-16(15)23-10-7-17(25)21-19(23)27)18(26)22-8-5-13(6-9-22)2-1-11-24/h3-4,11-13H,1-2,5-10H2,(H,21,25,27). The third kappa shape index (κ3) is 4.47. The number of benzene rings is 1. The van der Waals surface area contributed by atoms with Gasteiger partial charge < -0.3 is 9.69 Å². The molecule has 2 aliphatic rings. The smallest absolute Gasteiger partial charge is 0.328 e. The lowest BCUT2D eigenvalue weighted by atomic mass is 9.92. The van der Waals surface area contributed by atoms with Crippen molar-refractivity contribution in [3.8, 4) is 0 Å². The van der Waals surface area contributed by atoms with Crippen molar-refractivity contribution < 1.29 is 19.2 Å². The Morgan fingerprint density at radius 2 is 1.96 bits per heavy atom. The van der Waals surface area contributed by atoms with E-state index in [1.165, 1.54) is 4.90 Å². The van der Waals surface area contributed by atoms with Crippen LogP contribution < -0.4 is 10.2 Å². The number of anilines is 1. The van der Waals surface area contributed by atoms with Gasteiger partial charge in [-0.3, -0.25) is 19.8 Å². The molecular formula is C19H22ClN3O4. The average Bonchev–Trinajstić information content (AvgIpc) is 2.67. The number of hydrogen-bond acceptors (Lipinski definition) is 4. The molecule has 2 fully saturated rings. The normalized spacial score (nSPS) is 18.4. The van der Waals surface area contributed by atoms with Crippen LogP contribution in [0.15, 0.2) is 18.2 Å². The number of nitrogens with zero attached hydrogens (tertiary/aromatic N) is 2. The Hall–Kier alpha value is -2.41. The van der Waals surface area contributed by atoms with Gasteiger partial charge in [-0.15, -0.1) is 0 Å². The number of imide groups is 1. The fourth-order valence-electron chi connectivity index (χ4n) is 3.56. The third-order valence-electron chi connectivity index (χ3n) is 5.13. The molecule has 0 atom stereocenters. The van der Waals surface area contributed by atoms with Crippen LogP contribution in [0.2, 0.25) is 5.02 Å². The zero-order valence-electron chi connectivity index (χ0n) is 14.9. The fourth-order valence-corrected chi connectivity index (χ4v) is 3.78. The molecule has 144 valence electrons. The summed E-state index contributed by atoms with van der Waals surface area (Å²) in [5.74, 6) is 0.0573. The molecule has 0 unspecified atom stereocenters. The van der Waals surface area contributed by atoms with E-state index in [4.69, 9.17) is 11.6 Å². The highest BCUT2D eigenvalue weighted by atomic mass is 35.5. The van der Waals surface area contributed by atoms with Crippen molar-refractivity contribution in [2.75, 3.05) is 24.5 Å². The van der Waals surface area contributed by atoms with Gasteiger partial charge in [0.2, 0.25) is 5.91 Å². The van der Waals surface area contributed by atoms with E-state index in [-0.39, 0.29) is 24.8 Å². The van der Waals surface area contributed by atoms with Gasteiger partial charge in [0.15, 0.2) is 0 Å². The highest BCUT2D eigenvalue weighted by Crippen LogP contribution is 2.30. The highest BCUT2D eigenvalue weighted by Gasteiger charge is 2.28. The van der Waals surface area contributed by atoms with Gasteiger partial charge in [0, 0.05) is 38.0 Å². The number of halogens is 1. The number of hydrogen-bond donors (Lipinski definition) is 1. The Morgan fingerprint density at radius 1 is 1.22 bits per heavy atom. The number of carbonyl (C=O) groups excluding carboxylic acids is 4. The molecule has 0 aliphatic carbocycles. The van der Waals surface area contributed by atoms with E-state index in [1.807, 2.05) is 0 Å². The van der Waals surface area contributed by atoms with E-state index in [0.717, 1.165) is 25.5 Å². The highest BCUT2D eigenvalue weighted by molar-refractivity contribution is 6.34. The van der Waals surface area contributed by atoms with Crippen LogP contribution in [0.25, 0.3) is 0 Å². The molecule has 8 heteroatoms. The zero-order chi connectivity index (χ0) is 19.4. The first-order valence-electron chi connectivity index (χ1n) is 9.13. The van der Waals surface area contributed by atoms with Crippen LogP contribution >= 0.6 is 11.6 Å². The Kier molecular flexibility index (Phi) is 6.11. The average molecular weight is 392 g/mol. The number of nitrogens with one attached hydrogen (secondary N) is 1. The number of urea groups is 1. The Bertz CT molecular complexity index is 759. The first-order chi connectivity index (χ1) is 13.0. The number of likely N-dealkylation sites (tertiary alicyclic amines) is 1. The molecule has 2 saturated heterocycles. The quantitative estimate of drug-likeness (QED) is 0.781. The number of carbonyl (C=O) groups is 4. The number of piperidine rings is 1. The van der Waals surface area contributed by atoms with Crippen LogP contribution in [0.4, 0.5) is 10.5 Å². The molecule has 4 amide bonds. The van der Waals surface area contributed by atoms with Crippen LogP contribution in [0.3, 0.4) is 0 Å². The molecule has 0 aromatic heterocycles. The van der Waals surface area contributed by atoms with Gasteiger partial charge in [0.05, 0.1) is 10.7 Å². The molecule has 0 saturated carbocycles. The summed E-state index contributed by atoms with van der Waals surface area (Å²) in [6, 6.07) is 4.33. The van der Waals surface area contributed by atoms with Gasteiger partial charge in [0.1, 0.15) is 6.29 Å². The summed E-state index contributed by atoms with van der Waals surface area (Å²) in [6.07, 6.45) is 4.35. The van der Waals surface area contributed by atoms with Crippen LogP contribution in [-0.4, -0.2) is 48.7 Å². The number of aldehydes is 1. The molecule has 0 radical (unpaired) electrons. The predicted molar refractivity (Wildman–Crippen MR) is 101 cm³/mol. The molecule has 2 heterocycles. The van der Waals surface area contributed by atoms with Crippen molar-refractivity contribution >= 4 is 41.4 Å². The SMILES string of the molecule is O=CCCC1CCN(C(=O)c2ccc(Cl)c(N3CCC(=O)NC3=O)c2)CC1. The molecule has 2 aliphatic heterocycles. The molecule has 1 N–H and O–H groups in total. The summed E-state index contributed by atoms with van der Waals surface area (Å²) >= 11 is 6.23. The van der Waals surface area contributed by atoms with E-state index < -0.39 is 6.03 Å². The minimum absolute atomic E-state index is 0.102. The topological polar surface area (TPSA) is 86.8 Å². The van der Waals surface area contributed by atoms with E-state index in [1.54, 1.807) is 23.1 Å². The van der Waals surface area contributed by atoms with Crippen molar-refractivity contribution in [1.82, 2.24) is 10.2 Å². The maximum Gasteiger partial charge on any atom is 0.328 e. The summed E-state index contributed by atoms with van der Waals surface area (Å²) in [5.41, 5.74) is 0.888. The molecule has 1 aromatic rings. The second kappa shape index (κ2) is 8.52. The first-order valence-corrected chi connectivity index (χ1v) is 9.51. The van der Waals surface area contributed by atoms with Crippen molar-refractivity contribution in [3.63, 3.8) is 0 Å². The Balaban J connectivity index is 1.70. The lowest BCUT2D eigenvalue weighted by Gasteiger charge is -2.32. The first kappa shape index (κ1) is 19.4. The molecule has 0 spiro atoms. The monoisotopic (exact) mass is 391 g/mol. The molecule has 1 aromatic carbocycles. The van der Waals surface area contributed by atoms with Crippen molar-refractivity contribution in [1.29, 1.82) is 0 Å². The van der Waals surface area contributed by atoms with E-state index in [9.17, 15) is 19.2 Å². The summed E-state index contributed by atoms with van der Waals surface area (Å²) in [6.45, 7) is 1.53.